The molecule has 12 rings (SSSR count). The monoisotopic (exact) mass is 688 g/mol. The van der Waals surface area contributed by atoms with Crippen LogP contribution in [0.5, 0.6) is 0 Å². The first kappa shape index (κ1) is 29.9. The Balaban J connectivity index is 1.17. The molecule has 2 nitrogen and oxygen atoms in total. The number of rotatable bonds is 2. The number of hydrogen-bond donors (Lipinski definition) is 0. The highest BCUT2D eigenvalue weighted by molar-refractivity contribution is 6.13. The molecular formula is C52H36N2. The van der Waals surface area contributed by atoms with Crippen LogP contribution in [0.4, 0.5) is 0 Å². The predicted molar refractivity (Wildman–Crippen MR) is 225 cm³/mol. The third-order valence-electron chi connectivity index (χ3n) is 12.8. The van der Waals surface area contributed by atoms with Crippen molar-refractivity contribution in [2.75, 3.05) is 0 Å². The lowest BCUT2D eigenvalue weighted by Crippen LogP contribution is -2.44. The number of fused-ring (bicyclic) bond motifs is 14. The van der Waals surface area contributed by atoms with E-state index in [0.717, 1.165) is 0 Å². The summed E-state index contributed by atoms with van der Waals surface area (Å²) >= 11 is 0. The molecule has 1 unspecified atom stereocenters. The SMILES string of the molecule is CC1(C)c2ccccc2C2(c3ccccc3-n3c4ccccc4c4cccc2c43)c2ccc(-c3ccc4c5ccccc5n(-c5ccccc5)c4c3)cc21. The molecule has 0 bridgehead atoms. The van der Waals surface area contributed by atoms with E-state index in [0.29, 0.717) is 0 Å². The first-order valence-electron chi connectivity index (χ1n) is 19.0. The summed E-state index contributed by atoms with van der Waals surface area (Å²) in [6.07, 6.45) is 0. The molecule has 254 valence electrons. The molecular weight excluding hydrogens is 653 g/mol. The van der Waals surface area contributed by atoms with Crippen molar-refractivity contribution in [1.82, 2.24) is 9.13 Å². The quantitative estimate of drug-likeness (QED) is 0.171. The van der Waals surface area contributed by atoms with E-state index in [1.54, 1.807) is 0 Å². The molecule has 2 aromatic heterocycles. The summed E-state index contributed by atoms with van der Waals surface area (Å²) in [6, 6.07) is 68.2. The van der Waals surface area contributed by atoms with E-state index in [2.05, 4.69) is 205 Å². The lowest BCUT2D eigenvalue weighted by atomic mass is 9.53. The number of hydrogen-bond acceptors (Lipinski definition) is 0. The molecule has 1 atom stereocenters. The minimum absolute atomic E-state index is 0.233. The molecule has 8 aromatic carbocycles. The maximum absolute atomic E-state index is 2.53. The molecule has 0 radical (unpaired) electrons. The van der Waals surface area contributed by atoms with Gasteiger partial charge < -0.3 is 9.13 Å². The highest BCUT2D eigenvalue weighted by atomic mass is 15.0. The van der Waals surface area contributed by atoms with E-state index in [1.165, 1.54) is 99.5 Å². The third kappa shape index (κ3) is 3.60. The second-order valence-electron chi connectivity index (χ2n) is 15.7. The largest absolute Gasteiger partial charge is 0.309 e. The lowest BCUT2D eigenvalue weighted by molar-refractivity contribution is 0.556. The smallest absolute Gasteiger partial charge is 0.0748 e. The van der Waals surface area contributed by atoms with Crippen molar-refractivity contribution in [2.45, 2.75) is 24.7 Å². The number of para-hydroxylation sites is 5. The molecule has 10 aromatic rings. The van der Waals surface area contributed by atoms with Crippen LogP contribution in [-0.4, -0.2) is 9.13 Å². The van der Waals surface area contributed by atoms with Crippen LogP contribution in [0.2, 0.25) is 0 Å². The molecule has 1 aliphatic carbocycles. The van der Waals surface area contributed by atoms with Gasteiger partial charge in [0.2, 0.25) is 0 Å². The third-order valence-corrected chi connectivity index (χ3v) is 12.8. The molecule has 1 spiro atoms. The Morgan fingerprint density at radius 3 is 1.72 bits per heavy atom. The average Bonchev–Trinajstić information content (AvgIpc) is 3.75. The fraction of sp³-hybridized carbons (Fsp3) is 0.0769. The first-order chi connectivity index (χ1) is 26.6. The molecule has 0 saturated carbocycles. The normalized spacial score (nSPS) is 16.6. The minimum Gasteiger partial charge on any atom is -0.309 e. The van der Waals surface area contributed by atoms with E-state index in [4.69, 9.17) is 0 Å². The van der Waals surface area contributed by atoms with Gasteiger partial charge in [-0.1, -0.05) is 153 Å². The molecule has 2 heteroatoms. The van der Waals surface area contributed by atoms with Gasteiger partial charge in [0.05, 0.1) is 33.2 Å². The Bertz CT molecular complexity index is 3190. The van der Waals surface area contributed by atoms with Gasteiger partial charge in [-0.3, -0.25) is 0 Å². The second kappa shape index (κ2) is 10.5. The van der Waals surface area contributed by atoms with Crippen LogP contribution in [-0.2, 0) is 10.8 Å². The van der Waals surface area contributed by atoms with Crippen LogP contribution in [0.15, 0.2) is 182 Å². The van der Waals surface area contributed by atoms with E-state index in [1.807, 2.05) is 0 Å². The van der Waals surface area contributed by atoms with Gasteiger partial charge in [-0.25, -0.2) is 0 Å². The second-order valence-corrected chi connectivity index (χ2v) is 15.7. The van der Waals surface area contributed by atoms with E-state index in [-0.39, 0.29) is 5.41 Å². The van der Waals surface area contributed by atoms with Crippen molar-refractivity contribution in [3.8, 4) is 22.5 Å². The summed E-state index contributed by atoms with van der Waals surface area (Å²) in [7, 11) is 0. The number of benzene rings is 8. The van der Waals surface area contributed by atoms with Crippen LogP contribution in [0.25, 0.3) is 66.1 Å². The Labute approximate surface area is 314 Å². The van der Waals surface area contributed by atoms with Crippen molar-refractivity contribution in [3.05, 3.63) is 215 Å². The molecule has 0 N–H and O–H groups in total. The van der Waals surface area contributed by atoms with Crippen LogP contribution in [0.1, 0.15) is 47.2 Å². The van der Waals surface area contributed by atoms with Crippen molar-refractivity contribution in [2.24, 2.45) is 0 Å². The fourth-order valence-corrected chi connectivity index (χ4v) is 10.5. The summed E-state index contributed by atoms with van der Waals surface area (Å²) in [5.41, 5.74) is 17.3. The summed E-state index contributed by atoms with van der Waals surface area (Å²) in [5, 5.41) is 5.14. The average molecular weight is 689 g/mol. The fourth-order valence-electron chi connectivity index (χ4n) is 10.5. The minimum atomic E-state index is -0.496. The molecule has 54 heavy (non-hydrogen) atoms. The van der Waals surface area contributed by atoms with E-state index < -0.39 is 5.41 Å². The van der Waals surface area contributed by atoms with Crippen LogP contribution in [0.3, 0.4) is 0 Å². The zero-order valence-electron chi connectivity index (χ0n) is 30.2. The van der Waals surface area contributed by atoms with Gasteiger partial charge in [0.25, 0.3) is 0 Å². The van der Waals surface area contributed by atoms with Gasteiger partial charge in [0.1, 0.15) is 0 Å². The molecule has 1 aliphatic heterocycles. The lowest BCUT2D eigenvalue weighted by Gasteiger charge is -2.50. The van der Waals surface area contributed by atoms with Crippen molar-refractivity contribution < 1.29 is 0 Å². The maximum Gasteiger partial charge on any atom is 0.0748 e. The van der Waals surface area contributed by atoms with Gasteiger partial charge in [0, 0.05) is 32.6 Å². The predicted octanol–water partition coefficient (Wildman–Crippen LogP) is 12.9. The summed E-state index contributed by atoms with van der Waals surface area (Å²) in [6.45, 7) is 4.84. The van der Waals surface area contributed by atoms with Crippen LogP contribution in [0, 0.1) is 0 Å². The van der Waals surface area contributed by atoms with Gasteiger partial charge in [-0.2, -0.15) is 0 Å². The Morgan fingerprint density at radius 1 is 0.352 bits per heavy atom. The van der Waals surface area contributed by atoms with Crippen molar-refractivity contribution in [3.63, 3.8) is 0 Å². The maximum atomic E-state index is 2.53. The summed E-state index contributed by atoms with van der Waals surface area (Å²) < 4.78 is 4.94. The molecule has 2 aliphatic rings. The number of aromatic nitrogens is 2. The highest BCUT2D eigenvalue weighted by Crippen LogP contribution is 2.60. The highest BCUT2D eigenvalue weighted by Gasteiger charge is 2.52. The van der Waals surface area contributed by atoms with Gasteiger partial charge >= 0.3 is 0 Å². The van der Waals surface area contributed by atoms with Crippen LogP contribution < -0.4 is 0 Å². The molecule has 0 amide bonds. The zero-order valence-corrected chi connectivity index (χ0v) is 30.2. The van der Waals surface area contributed by atoms with Gasteiger partial charge in [-0.05, 0) is 87.0 Å². The summed E-state index contributed by atoms with van der Waals surface area (Å²) in [5.74, 6) is 0. The zero-order chi connectivity index (χ0) is 35.8. The molecule has 0 fully saturated rings. The van der Waals surface area contributed by atoms with E-state index >= 15 is 0 Å². The standard InChI is InChI=1S/C52H36N2/c1-51(2)40-20-8-9-21-41(40)52(43-22-10-13-26-48(43)54-47-25-12-7-18-37(47)39-19-14-23-44(52)50(39)54)42-30-28-33(31-45(42)51)34-27-29-38-36-17-6-11-24-46(36)53(49(38)32-34)35-15-4-3-5-16-35/h3-32H,1-2H3. The van der Waals surface area contributed by atoms with Gasteiger partial charge in [0.15, 0.2) is 0 Å². The Hall–Kier alpha value is -6.64. The Morgan fingerprint density at radius 2 is 0.907 bits per heavy atom. The molecule has 3 heterocycles. The molecule has 0 saturated heterocycles. The van der Waals surface area contributed by atoms with Crippen molar-refractivity contribution in [1.29, 1.82) is 0 Å². The Kier molecular flexibility index (Phi) is 5.81. The van der Waals surface area contributed by atoms with Crippen LogP contribution >= 0.6 is 0 Å². The topological polar surface area (TPSA) is 9.86 Å². The number of nitrogens with zero attached hydrogens (tertiary/aromatic N) is 2. The van der Waals surface area contributed by atoms with Gasteiger partial charge in [-0.15, -0.1) is 0 Å². The summed E-state index contributed by atoms with van der Waals surface area (Å²) in [4.78, 5) is 0. The van der Waals surface area contributed by atoms with E-state index in [9.17, 15) is 0 Å². The van der Waals surface area contributed by atoms with Crippen molar-refractivity contribution >= 4 is 43.6 Å². The first-order valence-corrected chi connectivity index (χ1v) is 19.0.